The van der Waals surface area contributed by atoms with E-state index in [9.17, 15) is 9.59 Å². The zero-order chi connectivity index (χ0) is 22.5. The number of pyridine rings is 1. The van der Waals surface area contributed by atoms with Crippen LogP contribution >= 0.6 is 0 Å². The zero-order valence-electron chi connectivity index (χ0n) is 18.2. The molecule has 1 aliphatic heterocycles. The van der Waals surface area contributed by atoms with Crippen LogP contribution in [-0.4, -0.2) is 53.6 Å². The molecule has 0 radical (unpaired) electrons. The topological polar surface area (TPSA) is 85.7 Å². The Morgan fingerprint density at radius 1 is 1.06 bits per heavy atom. The summed E-state index contributed by atoms with van der Waals surface area (Å²) in [5, 5.41) is 2.95. The zero-order valence-corrected chi connectivity index (χ0v) is 18.2. The lowest BCUT2D eigenvalue weighted by atomic mass is 9.95. The summed E-state index contributed by atoms with van der Waals surface area (Å²) in [5.74, 6) is 0.899. The maximum absolute atomic E-state index is 13.1. The number of carbonyl (C=O) groups is 2. The standard InChI is InChI=1S/C24H26N4O4/c1-31-19-7-8-22(32-2)20(15-19)26-23(29)17-9-13-27(14-10-17)24(30)21-6-4-12-28(21)18-5-3-11-25-16-18/h3-8,11-12,15-17H,9-10,13-14H2,1-2H3,(H,26,29). The van der Waals surface area contributed by atoms with Crippen LogP contribution in [0.3, 0.4) is 0 Å². The predicted molar refractivity (Wildman–Crippen MR) is 120 cm³/mol. The Balaban J connectivity index is 1.39. The first-order chi connectivity index (χ1) is 15.6. The smallest absolute Gasteiger partial charge is 0.270 e. The molecule has 0 bridgehead atoms. The molecule has 0 aliphatic carbocycles. The molecule has 1 saturated heterocycles. The van der Waals surface area contributed by atoms with Crippen molar-refractivity contribution >= 4 is 17.5 Å². The van der Waals surface area contributed by atoms with Gasteiger partial charge in [0.05, 0.1) is 31.8 Å². The van der Waals surface area contributed by atoms with Crippen molar-refractivity contribution in [1.29, 1.82) is 0 Å². The van der Waals surface area contributed by atoms with Gasteiger partial charge in [0, 0.05) is 37.5 Å². The van der Waals surface area contributed by atoms with E-state index in [1.807, 2.05) is 35.0 Å². The van der Waals surface area contributed by atoms with Crippen molar-refractivity contribution < 1.29 is 19.1 Å². The maximum atomic E-state index is 13.1. The molecule has 166 valence electrons. The van der Waals surface area contributed by atoms with Crippen LogP contribution < -0.4 is 14.8 Å². The minimum absolute atomic E-state index is 0.0489. The van der Waals surface area contributed by atoms with Crippen LogP contribution in [0.25, 0.3) is 5.69 Å². The van der Waals surface area contributed by atoms with Crippen molar-refractivity contribution in [2.75, 3.05) is 32.6 Å². The maximum Gasteiger partial charge on any atom is 0.270 e. The molecular formula is C24H26N4O4. The summed E-state index contributed by atoms with van der Waals surface area (Å²) in [6.45, 7) is 1.04. The lowest BCUT2D eigenvalue weighted by Crippen LogP contribution is -2.42. The molecule has 0 atom stereocenters. The number of anilines is 1. The Morgan fingerprint density at radius 2 is 1.88 bits per heavy atom. The van der Waals surface area contributed by atoms with Crippen LogP contribution in [0.15, 0.2) is 61.1 Å². The Bertz CT molecular complexity index is 1090. The second kappa shape index (κ2) is 9.55. The van der Waals surface area contributed by atoms with Crippen molar-refractivity contribution in [3.63, 3.8) is 0 Å². The molecular weight excluding hydrogens is 408 g/mol. The summed E-state index contributed by atoms with van der Waals surface area (Å²) in [6.07, 6.45) is 6.46. The van der Waals surface area contributed by atoms with E-state index in [1.165, 1.54) is 0 Å². The molecule has 32 heavy (non-hydrogen) atoms. The summed E-state index contributed by atoms with van der Waals surface area (Å²) in [5.41, 5.74) is 1.99. The molecule has 8 nitrogen and oxygen atoms in total. The van der Waals surface area contributed by atoms with Crippen molar-refractivity contribution in [3.05, 3.63) is 66.7 Å². The average Bonchev–Trinajstić information content (AvgIpc) is 3.34. The molecule has 0 saturated carbocycles. The first-order valence-corrected chi connectivity index (χ1v) is 10.5. The number of likely N-dealkylation sites (tertiary alicyclic amines) is 1. The molecule has 1 N–H and O–H groups in total. The van der Waals surface area contributed by atoms with Crippen LogP contribution in [0.2, 0.25) is 0 Å². The molecule has 3 aromatic rings. The summed E-state index contributed by atoms with van der Waals surface area (Å²) in [6, 6.07) is 12.7. The summed E-state index contributed by atoms with van der Waals surface area (Å²) in [4.78, 5) is 31.9. The minimum atomic E-state index is -0.180. The van der Waals surface area contributed by atoms with E-state index in [-0.39, 0.29) is 17.7 Å². The fraction of sp³-hybridized carbons (Fsp3) is 0.292. The van der Waals surface area contributed by atoms with Gasteiger partial charge >= 0.3 is 0 Å². The number of methoxy groups -OCH3 is 2. The van der Waals surface area contributed by atoms with E-state index in [4.69, 9.17) is 9.47 Å². The third-order valence-electron chi connectivity index (χ3n) is 5.71. The van der Waals surface area contributed by atoms with Crippen molar-refractivity contribution in [1.82, 2.24) is 14.5 Å². The van der Waals surface area contributed by atoms with Gasteiger partial charge in [-0.2, -0.15) is 0 Å². The second-order valence-corrected chi connectivity index (χ2v) is 7.60. The van der Waals surface area contributed by atoms with E-state index >= 15 is 0 Å². The highest BCUT2D eigenvalue weighted by Gasteiger charge is 2.29. The fourth-order valence-corrected chi connectivity index (χ4v) is 3.93. The first-order valence-electron chi connectivity index (χ1n) is 10.5. The molecule has 1 aromatic carbocycles. The van der Waals surface area contributed by atoms with Crippen LogP contribution in [0.1, 0.15) is 23.3 Å². The highest BCUT2D eigenvalue weighted by atomic mass is 16.5. The average molecular weight is 434 g/mol. The van der Waals surface area contributed by atoms with Gasteiger partial charge in [-0.05, 0) is 49.2 Å². The van der Waals surface area contributed by atoms with E-state index < -0.39 is 0 Å². The lowest BCUT2D eigenvalue weighted by molar-refractivity contribution is -0.121. The number of benzene rings is 1. The van der Waals surface area contributed by atoms with Gasteiger partial charge < -0.3 is 24.3 Å². The predicted octanol–water partition coefficient (Wildman–Crippen LogP) is 3.38. The third-order valence-corrected chi connectivity index (χ3v) is 5.71. The Hall–Kier alpha value is -3.81. The fourth-order valence-electron chi connectivity index (χ4n) is 3.93. The molecule has 0 spiro atoms. The third kappa shape index (κ3) is 4.44. The van der Waals surface area contributed by atoms with Crippen molar-refractivity contribution in [2.24, 2.45) is 5.92 Å². The summed E-state index contributed by atoms with van der Waals surface area (Å²) < 4.78 is 12.4. The minimum Gasteiger partial charge on any atom is -0.497 e. The van der Waals surface area contributed by atoms with Gasteiger partial charge in [0.15, 0.2) is 0 Å². The molecule has 2 aromatic heterocycles. The number of hydrogen-bond acceptors (Lipinski definition) is 5. The largest absolute Gasteiger partial charge is 0.497 e. The number of amides is 2. The molecule has 1 aliphatic rings. The van der Waals surface area contributed by atoms with Crippen LogP contribution in [0.4, 0.5) is 5.69 Å². The number of ether oxygens (including phenoxy) is 2. The Kier molecular flexibility index (Phi) is 6.39. The summed E-state index contributed by atoms with van der Waals surface area (Å²) >= 11 is 0. The SMILES string of the molecule is COc1ccc(OC)c(NC(=O)C2CCN(C(=O)c3cccn3-c3cccnc3)CC2)c1. The Morgan fingerprint density at radius 3 is 2.56 bits per heavy atom. The summed E-state index contributed by atoms with van der Waals surface area (Å²) in [7, 11) is 3.13. The highest BCUT2D eigenvalue weighted by molar-refractivity contribution is 5.95. The normalized spacial score (nSPS) is 14.1. The van der Waals surface area contributed by atoms with E-state index in [1.54, 1.807) is 49.7 Å². The first kappa shape index (κ1) is 21.4. The molecule has 4 rings (SSSR count). The molecule has 1 fully saturated rings. The van der Waals surface area contributed by atoms with Gasteiger partial charge in [-0.1, -0.05) is 0 Å². The van der Waals surface area contributed by atoms with Gasteiger partial charge in [-0.25, -0.2) is 0 Å². The second-order valence-electron chi connectivity index (χ2n) is 7.60. The molecule has 8 heteroatoms. The monoisotopic (exact) mass is 434 g/mol. The molecule has 2 amide bonds. The molecule has 0 unspecified atom stereocenters. The van der Waals surface area contributed by atoms with Crippen molar-refractivity contribution in [3.8, 4) is 17.2 Å². The van der Waals surface area contributed by atoms with E-state index in [0.717, 1.165) is 5.69 Å². The number of piperidine rings is 1. The highest BCUT2D eigenvalue weighted by Crippen LogP contribution is 2.30. The number of hydrogen-bond donors (Lipinski definition) is 1. The lowest BCUT2D eigenvalue weighted by Gasteiger charge is -2.31. The Labute approximate surface area is 186 Å². The molecule has 3 heterocycles. The van der Waals surface area contributed by atoms with Crippen LogP contribution in [-0.2, 0) is 4.79 Å². The number of aromatic nitrogens is 2. The number of nitrogens with one attached hydrogen (secondary N) is 1. The van der Waals surface area contributed by atoms with Gasteiger partial charge in [0.2, 0.25) is 5.91 Å². The van der Waals surface area contributed by atoms with Gasteiger partial charge in [-0.3, -0.25) is 14.6 Å². The van der Waals surface area contributed by atoms with Gasteiger partial charge in [-0.15, -0.1) is 0 Å². The van der Waals surface area contributed by atoms with E-state index in [0.29, 0.717) is 48.8 Å². The van der Waals surface area contributed by atoms with E-state index in [2.05, 4.69) is 10.3 Å². The number of nitrogens with zero attached hydrogens (tertiary/aromatic N) is 3. The van der Waals surface area contributed by atoms with Crippen LogP contribution in [0, 0.1) is 5.92 Å². The van der Waals surface area contributed by atoms with Crippen LogP contribution in [0.5, 0.6) is 11.5 Å². The van der Waals surface area contributed by atoms with Gasteiger partial charge in [0.25, 0.3) is 5.91 Å². The number of rotatable bonds is 6. The van der Waals surface area contributed by atoms with Gasteiger partial charge in [0.1, 0.15) is 17.2 Å². The van der Waals surface area contributed by atoms with Crippen molar-refractivity contribution in [2.45, 2.75) is 12.8 Å². The quantitative estimate of drug-likeness (QED) is 0.643. The number of carbonyl (C=O) groups excluding carboxylic acids is 2.